The maximum atomic E-state index is 5.88. The van der Waals surface area contributed by atoms with Crippen molar-refractivity contribution >= 4 is 29.9 Å². The molecule has 0 spiro atoms. The molecule has 1 fully saturated rings. The highest BCUT2D eigenvalue weighted by molar-refractivity contribution is 14.0. The maximum Gasteiger partial charge on any atom is 0.191 e. The summed E-state index contributed by atoms with van der Waals surface area (Å²) in [7, 11) is 1.75. The number of morpholine rings is 1. The molecule has 140 valence electrons. The summed E-state index contributed by atoms with van der Waals surface area (Å²) in [5.74, 6) is 1.66. The highest BCUT2D eigenvalue weighted by Gasteiger charge is 2.09. The van der Waals surface area contributed by atoms with Crippen molar-refractivity contribution in [3.05, 3.63) is 42.5 Å². The zero-order valence-electron chi connectivity index (χ0n) is 14.9. The summed E-state index contributed by atoms with van der Waals surface area (Å²) in [6.45, 7) is 10.3. The molecule has 0 unspecified atom stereocenters. The van der Waals surface area contributed by atoms with Crippen LogP contribution in [0.4, 0.5) is 0 Å². The number of nitrogens with one attached hydrogen (secondary N) is 2. The SMILES string of the molecule is C=CCNC(=NC)NCc1cccc(OCCN2CCOCC2)c1.I. The molecule has 1 saturated heterocycles. The van der Waals surface area contributed by atoms with Crippen LogP contribution in [0, 0.1) is 0 Å². The van der Waals surface area contributed by atoms with Gasteiger partial charge in [-0.05, 0) is 17.7 Å². The van der Waals surface area contributed by atoms with Gasteiger partial charge in [0.05, 0.1) is 13.2 Å². The van der Waals surface area contributed by atoms with E-state index in [1.54, 1.807) is 13.1 Å². The molecule has 0 amide bonds. The number of halogens is 1. The lowest BCUT2D eigenvalue weighted by Gasteiger charge is -2.26. The van der Waals surface area contributed by atoms with Crippen LogP contribution in [0.2, 0.25) is 0 Å². The van der Waals surface area contributed by atoms with Crippen molar-refractivity contribution in [2.24, 2.45) is 4.99 Å². The summed E-state index contributed by atoms with van der Waals surface area (Å²) in [5, 5.41) is 6.42. The van der Waals surface area contributed by atoms with Gasteiger partial charge < -0.3 is 20.1 Å². The molecule has 25 heavy (non-hydrogen) atoms. The average Bonchev–Trinajstić information content (AvgIpc) is 2.63. The normalized spacial score (nSPS) is 15.2. The van der Waals surface area contributed by atoms with Crippen LogP contribution in [0.1, 0.15) is 5.56 Å². The first-order chi connectivity index (χ1) is 11.8. The number of guanidine groups is 1. The first kappa shape index (κ1) is 21.7. The molecule has 1 aliphatic rings. The summed E-state index contributed by atoms with van der Waals surface area (Å²) >= 11 is 0. The van der Waals surface area contributed by atoms with Crippen molar-refractivity contribution in [2.75, 3.05) is 53.0 Å². The quantitative estimate of drug-likeness (QED) is 0.269. The van der Waals surface area contributed by atoms with Crippen molar-refractivity contribution in [2.45, 2.75) is 6.54 Å². The van der Waals surface area contributed by atoms with Gasteiger partial charge >= 0.3 is 0 Å². The van der Waals surface area contributed by atoms with E-state index in [-0.39, 0.29) is 24.0 Å². The first-order valence-corrected chi connectivity index (χ1v) is 8.39. The Bertz CT molecular complexity index is 534. The third kappa shape index (κ3) is 8.55. The third-order valence-corrected chi connectivity index (χ3v) is 3.78. The summed E-state index contributed by atoms with van der Waals surface area (Å²) in [6.07, 6.45) is 1.80. The summed E-state index contributed by atoms with van der Waals surface area (Å²) in [6, 6.07) is 8.14. The minimum atomic E-state index is 0. The monoisotopic (exact) mass is 460 g/mol. The highest BCUT2D eigenvalue weighted by Crippen LogP contribution is 2.13. The van der Waals surface area contributed by atoms with Gasteiger partial charge in [-0.1, -0.05) is 18.2 Å². The zero-order valence-corrected chi connectivity index (χ0v) is 17.2. The van der Waals surface area contributed by atoms with E-state index in [0.29, 0.717) is 19.7 Å². The largest absolute Gasteiger partial charge is 0.492 e. The molecule has 6 nitrogen and oxygen atoms in total. The van der Waals surface area contributed by atoms with Gasteiger partial charge in [-0.2, -0.15) is 0 Å². The Labute approximate surface area is 167 Å². The number of rotatable bonds is 8. The smallest absolute Gasteiger partial charge is 0.191 e. The Hall–Kier alpha value is -1.32. The van der Waals surface area contributed by atoms with Gasteiger partial charge in [-0.15, -0.1) is 30.6 Å². The van der Waals surface area contributed by atoms with Crippen molar-refractivity contribution in [3.63, 3.8) is 0 Å². The maximum absolute atomic E-state index is 5.88. The first-order valence-electron chi connectivity index (χ1n) is 8.39. The van der Waals surface area contributed by atoms with Gasteiger partial charge in [0, 0.05) is 39.8 Å². The van der Waals surface area contributed by atoms with Crippen LogP contribution in [-0.2, 0) is 11.3 Å². The number of hydrogen-bond acceptors (Lipinski definition) is 4. The molecule has 0 radical (unpaired) electrons. The van der Waals surface area contributed by atoms with Crippen LogP contribution >= 0.6 is 24.0 Å². The van der Waals surface area contributed by atoms with E-state index in [2.05, 4.69) is 39.2 Å². The van der Waals surface area contributed by atoms with Crippen LogP contribution < -0.4 is 15.4 Å². The van der Waals surface area contributed by atoms with Crippen molar-refractivity contribution < 1.29 is 9.47 Å². The second-order valence-electron chi connectivity index (χ2n) is 5.55. The van der Waals surface area contributed by atoms with E-state index in [4.69, 9.17) is 9.47 Å². The molecule has 1 aromatic rings. The van der Waals surface area contributed by atoms with Crippen LogP contribution in [0.5, 0.6) is 5.75 Å². The number of nitrogens with zero attached hydrogens (tertiary/aromatic N) is 2. The molecule has 0 aromatic heterocycles. The fourth-order valence-corrected chi connectivity index (χ4v) is 2.44. The van der Waals surface area contributed by atoms with Gasteiger partial charge in [0.15, 0.2) is 5.96 Å². The Morgan fingerprint density at radius 1 is 1.36 bits per heavy atom. The van der Waals surface area contributed by atoms with E-state index < -0.39 is 0 Å². The molecule has 0 atom stereocenters. The Balaban J connectivity index is 0.00000312. The molecule has 0 saturated carbocycles. The van der Waals surface area contributed by atoms with E-state index in [9.17, 15) is 0 Å². The van der Waals surface area contributed by atoms with Crippen LogP contribution in [0.3, 0.4) is 0 Å². The fourth-order valence-electron chi connectivity index (χ4n) is 2.44. The number of aliphatic imine (C=N–C) groups is 1. The van der Waals surface area contributed by atoms with Gasteiger partial charge in [-0.3, -0.25) is 9.89 Å². The average molecular weight is 460 g/mol. The standard InChI is InChI=1S/C18H28N4O2.HI/c1-3-7-20-18(19-2)21-15-16-5-4-6-17(14-16)24-13-10-22-8-11-23-12-9-22;/h3-6,14H,1,7-13,15H2,2H3,(H2,19,20,21);1H. The van der Waals surface area contributed by atoms with Crippen molar-refractivity contribution in [3.8, 4) is 5.75 Å². The lowest BCUT2D eigenvalue weighted by atomic mass is 10.2. The second kappa shape index (κ2) is 13.0. The van der Waals surface area contributed by atoms with Crippen LogP contribution in [0.15, 0.2) is 41.9 Å². The number of benzene rings is 1. The molecule has 0 bridgehead atoms. The molecule has 1 heterocycles. The van der Waals surface area contributed by atoms with E-state index >= 15 is 0 Å². The van der Waals surface area contributed by atoms with Crippen molar-refractivity contribution in [1.29, 1.82) is 0 Å². The summed E-state index contributed by atoms with van der Waals surface area (Å²) in [5.41, 5.74) is 1.15. The molecule has 1 aromatic carbocycles. The van der Waals surface area contributed by atoms with Gasteiger partial charge in [0.2, 0.25) is 0 Å². The summed E-state index contributed by atoms with van der Waals surface area (Å²) in [4.78, 5) is 6.53. The second-order valence-corrected chi connectivity index (χ2v) is 5.55. The van der Waals surface area contributed by atoms with Gasteiger partial charge in [0.1, 0.15) is 12.4 Å². The number of hydrogen-bond donors (Lipinski definition) is 2. The number of ether oxygens (including phenoxy) is 2. The molecule has 0 aliphatic carbocycles. The Kier molecular flexibility index (Phi) is 11.3. The summed E-state index contributed by atoms with van der Waals surface area (Å²) < 4.78 is 11.2. The molecular weight excluding hydrogens is 431 g/mol. The van der Waals surface area contributed by atoms with E-state index in [1.165, 1.54) is 0 Å². The molecule has 1 aliphatic heterocycles. The topological polar surface area (TPSA) is 58.1 Å². The predicted octanol–water partition coefficient (Wildman–Crippen LogP) is 1.87. The van der Waals surface area contributed by atoms with Crippen LogP contribution in [0.25, 0.3) is 0 Å². The molecular formula is C18H29IN4O2. The van der Waals surface area contributed by atoms with E-state index in [1.807, 2.05) is 12.1 Å². The zero-order chi connectivity index (χ0) is 17.0. The van der Waals surface area contributed by atoms with Gasteiger partial charge in [0.25, 0.3) is 0 Å². The lowest BCUT2D eigenvalue weighted by Crippen LogP contribution is -2.38. The van der Waals surface area contributed by atoms with Crippen LogP contribution in [-0.4, -0.2) is 63.9 Å². The fraction of sp³-hybridized carbons (Fsp3) is 0.500. The predicted molar refractivity (Wildman–Crippen MR) is 113 cm³/mol. The Morgan fingerprint density at radius 2 is 2.16 bits per heavy atom. The third-order valence-electron chi connectivity index (χ3n) is 3.78. The van der Waals surface area contributed by atoms with Gasteiger partial charge in [-0.25, -0.2) is 0 Å². The minimum absolute atomic E-state index is 0. The molecule has 7 heteroatoms. The Morgan fingerprint density at radius 3 is 2.88 bits per heavy atom. The lowest BCUT2D eigenvalue weighted by molar-refractivity contribution is 0.0322. The molecule has 2 N–H and O–H groups in total. The highest BCUT2D eigenvalue weighted by atomic mass is 127. The van der Waals surface area contributed by atoms with Crippen molar-refractivity contribution in [1.82, 2.24) is 15.5 Å². The molecule has 2 rings (SSSR count). The minimum Gasteiger partial charge on any atom is -0.492 e. The van der Waals surface area contributed by atoms with E-state index in [0.717, 1.165) is 50.1 Å².